The molecule has 2 rings (SSSR count). The van der Waals surface area contributed by atoms with Gasteiger partial charge in [0.1, 0.15) is 0 Å². The molecule has 1 aromatic heterocycles. The molecule has 2 aromatic rings. The summed E-state index contributed by atoms with van der Waals surface area (Å²) in [6.07, 6.45) is 2.07. The Bertz CT molecular complexity index is 464. The average Bonchev–Trinajstić information content (AvgIpc) is 2.68. The third-order valence-electron chi connectivity index (χ3n) is 2.72. The van der Waals surface area contributed by atoms with Crippen LogP contribution in [-0.4, -0.2) is 21.2 Å². The SMILES string of the molecule is CCSCCn1cc(CO)c2ccccc21. The lowest BCUT2D eigenvalue weighted by atomic mass is 10.2. The van der Waals surface area contributed by atoms with Crippen LogP contribution in [0.25, 0.3) is 10.9 Å². The predicted octanol–water partition coefficient (Wildman–Crippen LogP) is 2.89. The second-order valence-corrected chi connectivity index (χ2v) is 5.11. The molecule has 0 fully saturated rings. The molecule has 0 aliphatic rings. The molecule has 0 saturated carbocycles. The zero-order chi connectivity index (χ0) is 11.4. The minimum absolute atomic E-state index is 0.119. The second-order valence-electron chi connectivity index (χ2n) is 3.72. The zero-order valence-electron chi connectivity index (χ0n) is 9.52. The van der Waals surface area contributed by atoms with E-state index in [4.69, 9.17) is 0 Å². The summed E-state index contributed by atoms with van der Waals surface area (Å²) in [7, 11) is 0. The van der Waals surface area contributed by atoms with Gasteiger partial charge in [0, 0.05) is 35.0 Å². The van der Waals surface area contributed by atoms with Gasteiger partial charge in [-0.05, 0) is 11.8 Å². The minimum Gasteiger partial charge on any atom is -0.392 e. The number of fused-ring (bicyclic) bond motifs is 1. The molecule has 1 heterocycles. The highest BCUT2D eigenvalue weighted by molar-refractivity contribution is 7.99. The maximum absolute atomic E-state index is 9.30. The summed E-state index contributed by atoms with van der Waals surface area (Å²) in [5.41, 5.74) is 2.25. The number of hydrogen-bond donors (Lipinski definition) is 1. The standard InChI is InChI=1S/C13H17NOS/c1-2-16-8-7-14-9-11(10-15)12-5-3-4-6-13(12)14/h3-6,9,15H,2,7-8,10H2,1H3. The van der Waals surface area contributed by atoms with Crippen molar-refractivity contribution in [2.45, 2.75) is 20.1 Å². The molecular weight excluding hydrogens is 218 g/mol. The van der Waals surface area contributed by atoms with Gasteiger partial charge in [0.15, 0.2) is 0 Å². The van der Waals surface area contributed by atoms with E-state index in [1.54, 1.807) is 0 Å². The van der Waals surface area contributed by atoms with Gasteiger partial charge < -0.3 is 9.67 Å². The van der Waals surface area contributed by atoms with Crippen LogP contribution >= 0.6 is 11.8 Å². The number of nitrogens with zero attached hydrogens (tertiary/aromatic N) is 1. The summed E-state index contributed by atoms with van der Waals surface area (Å²) < 4.78 is 2.24. The number of hydrogen-bond acceptors (Lipinski definition) is 2. The van der Waals surface area contributed by atoms with Crippen molar-refractivity contribution in [2.24, 2.45) is 0 Å². The largest absolute Gasteiger partial charge is 0.392 e. The van der Waals surface area contributed by atoms with Gasteiger partial charge in [0.25, 0.3) is 0 Å². The molecule has 1 aromatic carbocycles. The van der Waals surface area contributed by atoms with E-state index in [1.807, 2.05) is 23.9 Å². The Hall–Kier alpha value is -0.930. The fraction of sp³-hybridized carbons (Fsp3) is 0.385. The summed E-state index contributed by atoms with van der Waals surface area (Å²) >= 11 is 1.95. The molecule has 0 spiro atoms. The van der Waals surface area contributed by atoms with E-state index in [0.29, 0.717) is 0 Å². The molecule has 0 atom stereocenters. The molecule has 86 valence electrons. The Balaban J connectivity index is 2.30. The van der Waals surface area contributed by atoms with Gasteiger partial charge in [-0.2, -0.15) is 11.8 Å². The van der Waals surface area contributed by atoms with Crippen LogP contribution < -0.4 is 0 Å². The molecule has 3 heteroatoms. The summed E-state index contributed by atoms with van der Waals surface area (Å²) in [4.78, 5) is 0. The maximum atomic E-state index is 9.30. The van der Waals surface area contributed by atoms with Crippen molar-refractivity contribution in [3.05, 3.63) is 36.0 Å². The summed E-state index contributed by atoms with van der Waals surface area (Å²) in [5, 5.41) is 10.5. The van der Waals surface area contributed by atoms with Crippen LogP contribution in [0.2, 0.25) is 0 Å². The fourth-order valence-corrected chi connectivity index (χ4v) is 2.56. The number of aliphatic hydroxyl groups excluding tert-OH is 1. The van der Waals surface area contributed by atoms with E-state index in [0.717, 1.165) is 23.6 Å². The monoisotopic (exact) mass is 235 g/mol. The number of thioether (sulfide) groups is 1. The second kappa shape index (κ2) is 5.41. The molecule has 0 amide bonds. The first-order valence-electron chi connectivity index (χ1n) is 5.62. The third kappa shape index (κ3) is 2.25. The van der Waals surface area contributed by atoms with Gasteiger partial charge in [0.05, 0.1) is 6.61 Å². The number of aryl methyl sites for hydroxylation is 1. The number of rotatable bonds is 5. The van der Waals surface area contributed by atoms with Gasteiger partial charge >= 0.3 is 0 Å². The van der Waals surface area contributed by atoms with Gasteiger partial charge in [0.2, 0.25) is 0 Å². The zero-order valence-corrected chi connectivity index (χ0v) is 10.3. The number of benzene rings is 1. The molecule has 0 aliphatic heterocycles. The summed E-state index contributed by atoms with van der Waals surface area (Å²) in [6, 6.07) is 8.26. The van der Waals surface area contributed by atoms with E-state index >= 15 is 0 Å². The highest BCUT2D eigenvalue weighted by Crippen LogP contribution is 2.21. The van der Waals surface area contributed by atoms with Crippen molar-refractivity contribution in [3.63, 3.8) is 0 Å². The molecule has 16 heavy (non-hydrogen) atoms. The Morgan fingerprint density at radius 2 is 2.12 bits per heavy atom. The highest BCUT2D eigenvalue weighted by atomic mass is 32.2. The van der Waals surface area contributed by atoms with Crippen LogP contribution in [0, 0.1) is 0 Å². The highest BCUT2D eigenvalue weighted by Gasteiger charge is 2.06. The van der Waals surface area contributed by atoms with Crippen LogP contribution in [0.4, 0.5) is 0 Å². The van der Waals surface area contributed by atoms with Gasteiger partial charge in [-0.25, -0.2) is 0 Å². The molecule has 0 unspecified atom stereocenters. The van der Waals surface area contributed by atoms with Gasteiger partial charge in [-0.15, -0.1) is 0 Å². The van der Waals surface area contributed by atoms with Crippen molar-refractivity contribution in [3.8, 4) is 0 Å². The molecule has 0 bridgehead atoms. The van der Waals surface area contributed by atoms with Crippen LogP contribution in [0.1, 0.15) is 12.5 Å². The Kier molecular flexibility index (Phi) is 3.91. The Labute approximate surface area is 100 Å². The predicted molar refractivity (Wildman–Crippen MR) is 70.9 cm³/mol. The Morgan fingerprint density at radius 1 is 1.31 bits per heavy atom. The van der Waals surface area contributed by atoms with E-state index in [9.17, 15) is 5.11 Å². The van der Waals surface area contributed by atoms with Crippen LogP contribution in [0.3, 0.4) is 0 Å². The van der Waals surface area contributed by atoms with Crippen LogP contribution in [-0.2, 0) is 13.2 Å². The molecule has 1 N–H and O–H groups in total. The third-order valence-corrected chi connectivity index (χ3v) is 3.60. The summed E-state index contributed by atoms with van der Waals surface area (Å²) in [6.45, 7) is 3.31. The number of para-hydroxylation sites is 1. The number of aliphatic hydroxyl groups is 1. The minimum atomic E-state index is 0.119. The first kappa shape index (κ1) is 11.6. The number of aromatic nitrogens is 1. The van der Waals surface area contributed by atoms with Gasteiger partial charge in [-0.3, -0.25) is 0 Å². The smallest absolute Gasteiger partial charge is 0.0702 e. The Morgan fingerprint density at radius 3 is 2.88 bits per heavy atom. The van der Waals surface area contributed by atoms with Crippen molar-refractivity contribution in [1.29, 1.82) is 0 Å². The van der Waals surface area contributed by atoms with Crippen molar-refractivity contribution in [2.75, 3.05) is 11.5 Å². The molecule has 0 saturated heterocycles. The lowest BCUT2D eigenvalue weighted by Gasteiger charge is -2.03. The first-order valence-corrected chi connectivity index (χ1v) is 6.77. The topological polar surface area (TPSA) is 25.2 Å². The normalized spacial score (nSPS) is 11.1. The summed E-state index contributed by atoms with van der Waals surface area (Å²) in [5.74, 6) is 2.28. The lowest BCUT2D eigenvalue weighted by molar-refractivity contribution is 0.283. The molecular formula is C13H17NOS. The van der Waals surface area contributed by atoms with E-state index in [2.05, 4.69) is 29.8 Å². The van der Waals surface area contributed by atoms with Crippen LogP contribution in [0.15, 0.2) is 30.5 Å². The lowest BCUT2D eigenvalue weighted by Crippen LogP contribution is -1.98. The first-order chi connectivity index (χ1) is 7.86. The molecule has 2 nitrogen and oxygen atoms in total. The van der Waals surface area contributed by atoms with Crippen LogP contribution in [0.5, 0.6) is 0 Å². The van der Waals surface area contributed by atoms with E-state index < -0.39 is 0 Å². The van der Waals surface area contributed by atoms with Gasteiger partial charge in [-0.1, -0.05) is 25.1 Å². The molecule has 0 radical (unpaired) electrons. The van der Waals surface area contributed by atoms with Crippen molar-refractivity contribution < 1.29 is 5.11 Å². The van der Waals surface area contributed by atoms with E-state index in [-0.39, 0.29) is 6.61 Å². The quantitative estimate of drug-likeness (QED) is 0.806. The van der Waals surface area contributed by atoms with Crippen molar-refractivity contribution in [1.82, 2.24) is 4.57 Å². The average molecular weight is 235 g/mol. The molecule has 0 aliphatic carbocycles. The fourth-order valence-electron chi connectivity index (χ4n) is 1.94. The van der Waals surface area contributed by atoms with E-state index in [1.165, 1.54) is 10.9 Å². The van der Waals surface area contributed by atoms with Crippen molar-refractivity contribution >= 4 is 22.7 Å². The maximum Gasteiger partial charge on any atom is 0.0702 e.